The highest BCUT2D eigenvalue weighted by molar-refractivity contribution is 6.01. The third kappa shape index (κ3) is 17.4. The molecule has 0 aliphatic heterocycles. The largest absolute Gasteiger partial charge is 0.493 e. The van der Waals surface area contributed by atoms with Gasteiger partial charge in [0.1, 0.15) is 49.5 Å². The molecule has 10 nitrogen and oxygen atoms in total. The summed E-state index contributed by atoms with van der Waals surface area (Å²) in [5, 5.41) is 3.47. The van der Waals surface area contributed by atoms with Gasteiger partial charge in [-0.2, -0.15) is 0 Å². The Labute approximate surface area is 458 Å². The van der Waals surface area contributed by atoms with Crippen LogP contribution in [0, 0.1) is 27.0 Å². The van der Waals surface area contributed by atoms with Gasteiger partial charge in [0, 0.05) is 26.6 Å². The fourth-order valence-corrected chi connectivity index (χ4v) is 8.09. The lowest BCUT2D eigenvalue weighted by Crippen LogP contribution is -2.26. The van der Waals surface area contributed by atoms with Crippen LogP contribution in [-0.4, -0.2) is 32.6 Å². The Bertz CT molecular complexity index is 3220. The molecule has 0 amide bonds. The number of rotatable bonds is 21. The molecule has 0 aliphatic rings. The zero-order chi connectivity index (χ0) is 54.6. The molecule has 8 rings (SSSR count). The third-order valence-electron chi connectivity index (χ3n) is 12.4. The standard InChI is InChI=1S/C35H37N3O2.C29H25NO3.C3H9N.H2/c1-5-20-37-35(38-21-6-2)33-19-18-31(23-34(33)40-24-27-12-10-16-30(22-27)36-4)39-25-29-15-11-17-32(26(29)3)28-13-8-7-9-14-28;1-21-24(12-8-14-27(21)23-10-5-4-6-11-23)20-32-26-15-16-28(31-3)29(18-26)33-19-22-9-7-13-25(17-22)30-2;1-2-3-4;/h7-19,22-23H,5-6,20-21,24-25H2,1-3H3,(H,37,38);4-18H,19-20H2,1,3H3;2-4H2,1H3;1H. The van der Waals surface area contributed by atoms with Crippen molar-refractivity contribution in [2.24, 2.45) is 10.7 Å². The molecule has 0 saturated carbocycles. The number of aliphatic imine (C=N–C) groups is 1. The number of hydrogen-bond donors (Lipinski definition) is 2. The molecule has 0 aliphatic carbocycles. The number of hydrogen-bond acceptors (Lipinski definition) is 7. The first-order valence-electron chi connectivity index (χ1n) is 26.2. The Balaban J connectivity index is 0.000000270. The van der Waals surface area contributed by atoms with Gasteiger partial charge in [-0.1, -0.05) is 154 Å². The Kier molecular flexibility index (Phi) is 23.2. The molecular formula is C67H73N5O5. The molecular weight excluding hydrogens is 955 g/mol. The third-order valence-corrected chi connectivity index (χ3v) is 12.4. The van der Waals surface area contributed by atoms with Gasteiger partial charge in [-0.3, -0.25) is 4.99 Å². The normalized spacial score (nSPS) is 10.6. The van der Waals surface area contributed by atoms with Crippen molar-refractivity contribution in [1.29, 1.82) is 0 Å². The van der Waals surface area contributed by atoms with E-state index in [2.05, 4.69) is 135 Å². The van der Waals surface area contributed by atoms with E-state index in [0.29, 0.717) is 60.8 Å². The molecule has 8 aromatic rings. The second kappa shape index (κ2) is 31.1. The lowest BCUT2D eigenvalue weighted by Gasteiger charge is -2.17. The highest BCUT2D eigenvalue weighted by Gasteiger charge is 2.15. The number of nitrogens with one attached hydrogen (secondary N) is 1. The minimum Gasteiger partial charge on any atom is -0.493 e. The number of methoxy groups -OCH3 is 1. The van der Waals surface area contributed by atoms with E-state index in [4.69, 9.17) is 47.6 Å². The fourth-order valence-electron chi connectivity index (χ4n) is 8.09. The number of ether oxygens (including phenoxy) is 5. The zero-order valence-electron chi connectivity index (χ0n) is 45.4. The van der Waals surface area contributed by atoms with Crippen molar-refractivity contribution in [3.63, 3.8) is 0 Å². The van der Waals surface area contributed by atoms with Crippen molar-refractivity contribution < 1.29 is 25.1 Å². The zero-order valence-corrected chi connectivity index (χ0v) is 45.4. The maximum Gasteiger partial charge on any atom is 0.187 e. The summed E-state index contributed by atoms with van der Waals surface area (Å²) in [5.74, 6) is 4.17. The first-order chi connectivity index (χ1) is 37.7. The first kappa shape index (κ1) is 57.4. The van der Waals surface area contributed by atoms with Crippen molar-refractivity contribution in [3.8, 4) is 51.0 Å². The molecule has 0 heterocycles. The SMILES string of the molecule is CCCN.[C-]#[N+]c1cccc(COc2cc(OCc3cccc(-c4ccccc4)c3C)ccc2C(=NCCC)NCCC)c1.[C-]#[N+]c1cccc(COc2cc(OCc3cccc(-c4ccccc4)c3C)ccc2OC)c1.[HH]. The molecule has 0 saturated heterocycles. The molecule has 0 bridgehead atoms. The van der Waals surface area contributed by atoms with Crippen LogP contribution in [0.5, 0.6) is 28.7 Å². The van der Waals surface area contributed by atoms with Gasteiger partial charge in [-0.25, -0.2) is 9.69 Å². The highest BCUT2D eigenvalue weighted by atomic mass is 16.5. The monoisotopic (exact) mass is 1030 g/mol. The van der Waals surface area contributed by atoms with Crippen molar-refractivity contribution in [2.45, 2.75) is 80.3 Å². The molecule has 10 heteroatoms. The minimum absolute atomic E-state index is 0. The van der Waals surface area contributed by atoms with Gasteiger partial charge in [0.2, 0.25) is 0 Å². The summed E-state index contributed by atoms with van der Waals surface area (Å²) < 4.78 is 30.2. The number of nitrogens with two attached hydrogens (primary N) is 1. The number of amidine groups is 1. The lowest BCUT2D eigenvalue weighted by atomic mass is 9.97. The molecule has 0 spiro atoms. The predicted octanol–water partition coefficient (Wildman–Crippen LogP) is 16.5. The highest BCUT2D eigenvalue weighted by Crippen LogP contribution is 2.34. The molecule has 8 aromatic carbocycles. The van der Waals surface area contributed by atoms with Gasteiger partial charge in [-0.05, 0) is 132 Å². The van der Waals surface area contributed by atoms with Crippen molar-refractivity contribution in [2.75, 3.05) is 26.7 Å². The van der Waals surface area contributed by atoms with Gasteiger partial charge in [0.05, 0.1) is 25.8 Å². The van der Waals surface area contributed by atoms with Crippen LogP contribution in [0.15, 0.2) is 187 Å². The average molecular weight is 1030 g/mol. The number of nitrogens with zero attached hydrogens (tertiary/aromatic N) is 3. The van der Waals surface area contributed by atoms with E-state index in [0.717, 1.165) is 78.3 Å². The fraction of sp³-hybridized carbons (Fsp3) is 0.239. The summed E-state index contributed by atoms with van der Waals surface area (Å²) in [5.41, 5.74) is 18.5. The number of benzene rings is 8. The second-order valence-electron chi connectivity index (χ2n) is 18.0. The first-order valence-corrected chi connectivity index (χ1v) is 26.2. The summed E-state index contributed by atoms with van der Waals surface area (Å²) >= 11 is 0. The van der Waals surface area contributed by atoms with Crippen LogP contribution in [0.3, 0.4) is 0 Å². The van der Waals surface area contributed by atoms with Crippen LogP contribution in [-0.2, 0) is 26.4 Å². The summed E-state index contributed by atoms with van der Waals surface area (Å²) in [6.45, 7) is 29.0. The molecule has 77 heavy (non-hydrogen) atoms. The summed E-state index contributed by atoms with van der Waals surface area (Å²) in [6.07, 6.45) is 3.05. The predicted molar refractivity (Wildman–Crippen MR) is 317 cm³/mol. The van der Waals surface area contributed by atoms with E-state index in [1.807, 2.05) is 84.9 Å². The topological polar surface area (TPSA) is 105 Å². The maximum absolute atomic E-state index is 7.32. The Hall–Kier alpha value is -8.83. The van der Waals surface area contributed by atoms with Crippen LogP contribution >= 0.6 is 0 Å². The van der Waals surface area contributed by atoms with Crippen molar-refractivity contribution >= 4 is 17.2 Å². The van der Waals surface area contributed by atoms with E-state index >= 15 is 0 Å². The lowest BCUT2D eigenvalue weighted by molar-refractivity contribution is 0.274. The molecule has 0 aromatic heterocycles. The molecule has 0 fully saturated rings. The van der Waals surface area contributed by atoms with Gasteiger partial charge >= 0.3 is 0 Å². The average Bonchev–Trinajstić information content (AvgIpc) is 3.49. The van der Waals surface area contributed by atoms with Gasteiger partial charge in [0.15, 0.2) is 22.9 Å². The van der Waals surface area contributed by atoms with Crippen molar-refractivity contribution in [3.05, 3.63) is 244 Å². The van der Waals surface area contributed by atoms with Crippen LogP contribution in [0.4, 0.5) is 11.4 Å². The summed E-state index contributed by atoms with van der Waals surface area (Å²) in [6, 6.07) is 59.8. The Morgan fingerprint density at radius 2 is 1.01 bits per heavy atom. The molecule has 0 unspecified atom stereocenters. The Morgan fingerprint density at radius 3 is 1.49 bits per heavy atom. The van der Waals surface area contributed by atoms with Crippen molar-refractivity contribution in [1.82, 2.24) is 5.32 Å². The van der Waals surface area contributed by atoms with E-state index in [9.17, 15) is 0 Å². The molecule has 0 atom stereocenters. The van der Waals surface area contributed by atoms with Crippen LogP contribution in [0.25, 0.3) is 31.9 Å². The van der Waals surface area contributed by atoms with E-state index in [-0.39, 0.29) is 1.43 Å². The Morgan fingerprint density at radius 1 is 0.519 bits per heavy atom. The smallest absolute Gasteiger partial charge is 0.187 e. The van der Waals surface area contributed by atoms with Crippen LogP contribution < -0.4 is 34.7 Å². The molecule has 3 N–H and O–H groups in total. The van der Waals surface area contributed by atoms with E-state index in [1.54, 1.807) is 19.2 Å². The summed E-state index contributed by atoms with van der Waals surface area (Å²) in [7, 11) is 1.61. The minimum atomic E-state index is 0. The van der Waals surface area contributed by atoms with Gasteiger partial charge < -0.3 is 34.7 Å². The van der Waals surface area contributed by atoms with Gasteiger partial charge in [0.25, 0.3) is 0 Å². The molecule has 396 valence electrons. The van der Waals surface area contributed by atoms with Crippen LogP contribution in [0.2, 0.25) is 0 Å². The van der Waals surface area contributed by atoms with Gasteiger partial charge in [-0.15, -0.1) is 0 Å². The van der Waals surface area contributed by atoms with E-state index < -0.39 is 0 Å². The quantitative estimate of drug-likeness (QED) is 0.0420. The summed E-state index contributed by atoms with van der Waals surface area (Å²) in [4.78, 5) is 11.8. The molecule has 0 radical (unpaired) electrons. The van der Waals surface area contributed by atoms with Crippen LogP contribution in [0.1, 0.15) is 80.4 Å². The van der Waals surface area contributed by atoms with E-state index in [1.165, 1.54) is 33.4 Å². The maximum atomic E-state index is 7.32. The second-order valence-corrected chi connectivity index (χ2v) is 18.0.